The van der Waals surface area contributed by atoms with Crippen LogP contribution in [0, 0.1) is 23.3 Å². The van der Waals surface area contributed by atoms with Gasteiger partial charge in [-0.25, -0.2) is 13.2 Å². The van der Waals surface area contributed by atoms with E-state index >= 15 is 0 Å². The molecule has 1 saturated heterocycles. The Morgan fingerprint density at radius 1 is 0.862 bits per heavy atom. The fourth-order valence-corrected chi connectivity index (χ4v) is 3.96. The van der Waals surface area contributed by atoms with Gasteiger partial charge >= 0.3 is 0 Å². The van der Waals surface area contributed by atoms with Crippen molar-refractivity contribution >= 4 is 0 Å². The second-order valence-electron chi connectivity index (χ2n) is 7.53. The predicted octanol–water partition coefficient (Wildman–Crippen LogP) is 5.57. The van der Waals surface area contributed by atoms with Gasteiger partial charge in [0.05, 0.1) is 26.4 Å². The maximum atomic E-state index is 14.5. The molecular weight excluding hydrogens is 388 g/mol. The first-order valence-electron chi connectivity index (χ1n) is 9.71. The van der Waals surface area contributed by atoms with E-state index in [2.05, 4.69) is 0 Å². The summed E-state index contributed by atoms with van der Waals surface area (Å²) in [6.45, 7) is 0.373. The molecule has 2 fully saturated rings. The van der Waals surface area contributed by atoms with Gasteiger partial charge in [-0.3, -0.25) is 0 Å². The molecule has 0 aromatic heterocycles. The van der Waals surface area contributed by atoms with Crippen molar-refractivity contribution in [1.29, 1.82) is 0 Å². The van der Waals surface area contributed by atoms with Gasteiger partial charge in [-0.05, 0) is 49.3 Å². The first kappa shape index (κ1) is 20.2. The van der Waals surface area contributed by atoms with Crippen LogP contribution in [0.15, 0.2) is 24.3 Å². The third kappa shape index (κ3) is 4.12. The van der Waals surface area contributed by atoms with E-state index in [1.807, 2.05) is 0 Å². The minimum Gasteiger partial charge on any atom is -0.494 e. The summed E-state index contributed by atoms with van der Waals surface area (Å²) in [6, 6.07) is 6.06. The van der Waals surface area contributed by atoms with Gasteiger partial charge in [-0.15, -0.1) is 0 Å². The minimum atomic E-state index is -1.03. The first-order valence-corrected chi connectivity index (χ1v) is 9.71. The van der Waals surface area contributed by atoms with Crippen molar-refractivity contribution in [3.05, 3.63) is 64.2 Å². The molecule has 3 nitrogen and oxygen atoms in total. The van der Waals surface area contributed by atoms with Gasteiger partial charge in [0.15, 0.2) is 23.2 Å². The standard InChI is InChI=1S/C22H22F4O3/c1-27-17-9-4-13(19(23)22(17)26)10-28-14-5-2-12(3-6-14)15-7-8-16(18-11-29-18)21(25)20(15)24/h4,7-9,12,14,18H,2-3,5-6,10-11H2,1H3. The normalized spacial score (nSPS) is 23.8. The zero-order chi connectivity index (χ0) is 20.5. The van der Waals surface area contributed by atoms with Gasteiger partial charge in [-0.2, -0.15) is 4.39 Å². The van der Waals surface area contributed by atoms with E-state index in [0.29, 0.717) is 37.9 Å². The molecule has 1 heterocycles. The zero-order valence-electron chi connectivity index (χ0n) is 16.0. The molecule has 0 radical (unpaired) electrons. The molecule has 0 amide bonds. The Labute approximate surface area is 166 Å². The summed E-state index contributed by atoms with van der Waals surface area (Å²) in [5.41, 5.74) is 0.780. The summed E-state index contributed by atoms with van der Waals surface area (Å²) in [7, 11) is 1.27. The van der Waals surface area contributed by atoms with Crippen molar-refractivity contribution in [3.63, 3.8) is 0 Å². The average molecular weight is 410 g/mol. The van der Waals surface area contributed by atoms with E-state index in [-0.39, 0.29) is 41.6 Å². The third-order valence-corrected chi connectivity index (χ3v) is 5.76. The highest BCUT2D eigenvalue weighted by Gasteiger charge is 2.32. The van der Waals surface area contributed by atoms with Crippen LogP contribution in [0.5, 0.6) is 5.75 Å². The van der Waals surface area contributed by atoms with Gasteiger partial charge in [0.1, 0.15) is 6.10 Å². The molecule has 1 aliphatic heterocycles. The van der Waals surface area contributed by atoms with E-state index < -0.39 is 23.3 Å². The summed E-state index contributed by atoms with van der Waals surface area (Å²) < 4.78 is 72.1. The Morgan fingerprint density at radius 3 is 2.17 bits per heavy atom. The minimum absolute atomic E-state index is 0.0544. The Hall–Kier alpha value is -2.12. The molecule has 2 aromatic carbocycles. The lowest BCUT2D eigenvalue weighted by Crippen LogP contribution is -2.22. The molecule has 0 bridgehead atoms. The lowest BCUT2D eigenvalue weighted by atomic mass is 9.82. The fourth-order valence-electron chi connectivity index (χ4n) is 3.96. The summed E-state index contributed by atoms with van der Waals surface area (Å²) in [5.74, 6) is -3.86. The summed E-state index contributed by atoms with van der Waals surface area (Å²) in [4.78, 5) is 0. The number of hydrogen-bond acceptors (Lipinski definition) is 3. The monoisotopic (exact) mass is 410 g/mol. The number of rotatable bonds is 6. The summed E-state index contributed by atoms with van der Waals surface area (Å²) in [5, 5.41) is 0. The van der Waals surface area contributed by atoms with Crippen molar-refractivity contribution in [2.75, 3.05) is 13.7 Å². The summed E-state index contributed by atoms with van der Waals surface area (Å²) in [6.07, 6.45) is 2.09. The van der Waals surface area contributed by atoms with Crippen LogP contribution in [-0.4, -0.2) is 19.8 Å². The van der Waals surface area contributed by atoms with Crippen LogP contribution < -0.4 is 4.74 Å². The van der Waals surface area contributed by atoms with Gasteiger partial charge in [-0.1, -0.05) is 12.1 Å². The van der Waals surface area contributed by atoms with Crippen molar-refractivity contribution in [3.8, 4) is 5.75 Å². The Bertz CT molecular complexity index is 890. The number of methoxy groups -OCH3 is 1. The van der Waals surface area contributed by atoms with Crippen molar-refractivity contribution in [2.24, 2.45) is 0 Å². The molecular formula is C22H22F4O3. The zero-order valence-corrected chi connectivity index (χ0v) is 16.0. The molecule has 1 unspecified atom stereocenters. The Morgan fingerprint density at radius 2 is 1.52 bits per heavy atom. The van der Waals surface area contributed by atoms with Gasteiger partial charge in [0.2, 0.25) is 5.82 Å². The number of benzene rings is 2. The molecule has 156 valence electrons. The number of epoxide rings is 1. The molecule has 2 aromatic rings. The highest BCUT2D eigenvalue weighted by atomic mass is 19.2. The highest BCUT2D eigenvalue weighted by molar-refractivity contribution is 5.32. The molecule has 0 N–H and O–H groups in total. The lowest BCUT2D eigenvalue weighted by molar-refractivity contribution is 0.0116. The molecule has 1 saturated carbocycles. The van der Waals surface area contributed by atoms with Gasteiger partial charge in [0, 0.05) is 11.1 Å². The molecule has 1 aliphatic carbocycles. The Balaban J connectivity index is 1.34. The van der Waals surface area contributed by atoms with E-state index in [4.69, 9.17) is 14.2 Å². The maximum absolute atomic E-state index is 14.5. The van der Waals surface area contributed by atoms with E-state index in [9.17, 15) is 17.6 Å². The molecule has 2 aliphatic rings. The Kier molecular flexibility index (Phi) is 5.79. The lowest BCUT2D eigenvalue weighted by Gasteiger charge is -2.29. The molecule has 4 rings (SSSR count). The van der Waals surface area contributed by atoms with Gasteiger partial charge in [0.25, 0.3) is 0 Å². The van der Waals surface area contributed by atoms with Gasteiger partial charge < -0.3 is 14.2 Å². The highest BCUT2D eigenvalue weighted by Crippen LogP contribution is 2.39. The van der Waals surface area contributed by atoms with E-state index in [1.165, 1.54) is 19.2 Å². The van der Waals surface area contributed by atoms with E-state index in [0.717, 1.165) is 0 Å². The topological polar surface area (TPSA) is 31.0 Å². The van der Waals surface area contributed by atoms with Crippen molar-refractivity contribution in [2.45, 2.75) is 50.4 Å². The fraction of sp³-hybridized carbons (Fsp3) is 0.455. The van der Waals surface area contributed by atoms with Crippen LogP contribution in [0.1, 0.15) is 54.4 Å². The van der Waals surface area contributed by atoms with Crippen molar-refractivity contribution in [1.82, 2.24) is 0 Å². The largest absolute Gasteiger partial charge is 0.494 e. The number of halogens is 4. The maximum Gasteiger partial charge on any atom is 0.200 e. The molecule has 29 heavy (non-hydrogen) atoms. The smallest absolute Gasteiger partial charge is 0.200 e. The second-order valence-corrected chi connectivity index (χ2v) is 7.53. The van der Waals surface area contributed by atoms with Crippen molar-refractivity contribution < 1.29 is 31.8 Å². The molecule has 7 heteroatoms. The second kappa shape index (κ2) is 8.32. The van der Waals surface area contributed by atoms with Crippen LogP contribution in [-0.2, 0) is 16.1 Å². The predicted molar refractivity (Wildman–Crippen MR) is 97.7 cm³/mol. The third-order valence-electron chi connectivity index (χ3n) is 5.76. The van der Waals surface area contributed by atoms with E-state index in [1.54, 1.807) is 12.1 Å². The SMILES string of the molecule is COc1ccc(COC2CCC(c3ccc(C4CO4)c(F)c3F)CC2)c(F)c1F. The van der Waals surface area contributed by atoms with Crippen LogP contribution in [0.2, 0.25) is 0 Å². The number of hydrogen-bond donors (Lipinski definition) is 0. The summed E-state index contributed by atoms with van der Waals surface area (Å²) >= 11 is 0. The van der Waals surface area contributed by atoms with Crippen LogP contribution in [0.4, 0.5) is 17.6 Å². The van der Waals surface area contributed by atoms with Crippen LogP contribution in [0.25, 0.3) is 0 Å². The van der Waals surface area contributed by atoms with Crippen LogP contribution in [0.3, 0.4) is 0 Å². The molecule has 0 spiro atoms. The average Bonchev–Trinajstić information content (AvgIpc) is 3.57. The quantitative estimate of drug-likeness (QED) is 0.461. The molecule has 1 atom stereocenters. The first-order chi connectivity index (χ1) is 14.0. The number of ether oxygens (including phenoxy) is 3. The van der Waals surface area contributed by atoms with Crippen LogP contribution >= 0.6 is 0 Å².